The first-order chi connectivity index (χ1) is 11.2. The van der Waals surface area contributed by atoms with Gasteiger partial charge in [0.25, 0.3) is 0 Å². The van der Waals surface area contributed by atoms with Crippen molar-refractivity contribution in [1.82, 2.24) is 10.6 Å². The van der Waals surface area contributed by atoms with E-state index in [9.17, 15) is 4.79 Å². The average Bonchev–Trinajstić information content (AvgIpc) is 2.55. The molecular weight excluding hydrogens is 332 g/mol. The molecule has 6 nitrogen and oxygen atoms in total. The molecule has 0 aliphatic carbocycles. The molecule has 1 aromatic rings. The van der Waals surface area contributed by atoms with Gasteiger partial charge in [0.05, 0.1) is 24.1 Å². The molecule has 23 heavy (non-hydrogen) atoms. The Bertz CT molecular complexity index is 557. The van der Waals surface area contributed by atoms with Crippen molar-refractivity contribution in [2.75, 3.05) is 31.6 Å². The van der Waals surface area contributed by atoms with Crippen molar-refractivity contribution in [2.24, 2.45) is 4.99 Å². The molecule has 0 spiro atoms. The minimum absolute atomic E-state index is 0.0272. The van der Waals surface area contributed by atoms with E-state index in [1.165, 1.54) is 0 Å². The highest BCUT2D eigenvalue weighted by atomic mass is 32.1. The number of amides is 1. The third kappa shape index (κ3) is 9.00. The number of isothiocyanates is 1. The second-order valence-electron chi connectivity index (χ2n) is 4.45. The number of carbonyl (C=O) groups is 1. The zero-order valence-corrected chi connectivity index (χ0v) is 14.6. The second kappa shape index (κ2) is 11.7. The summed E-state index contributed by atoms with van der Waals surface area (Å²) in [7, 11) is 0. The summed E-state index contributed by atoms with van der Waals surface area (Å²) < 4.78 is 5.38. The molecule has 0 saturated carbocycles. The van der Waals surface area contributed by atoms with E-state index < -0.39 is 0 Å². The van der Waals surface area contributed by atoms with Gasteiger partial charge < -0.3 is 20.7 Å². The molecule has 124 valence electrons. The van der Waals surface area contributed by atoms with Crippen molar-refractivity contribution in [1.29, 1.82) is 0 Å². The van der Waals surface area contributed by atoms with Crippen LogP contribution < -0.4 is 16.0 Å². The van der Waals surface area contributed by atoms with Crippen LogP contribution in [0.4, 0.5) is 11.4 Å². The number of anilines is 1. The Morgan fingerprint density at radius 2 is 1.87 bits per heavy atom. The fourth-order valence-corrected chi connectivity index (χ4v) is 1.90. The van der Waals surface area contributed by atoms with Crippen molar-refractivity contribution in [3.05, 3.63) is 24.3 Å². The lowest BCUT2D eigenvalue weighted by molar-refractivity contribution is -0.121. The zero-order valence-electron chi connectivity index (χ0n) is 12.9. The minimum atomic E-state index is 0.0272. The molecule has 0 aromatic heterocycles. The number of thiocarbonyl (C=S) groups is 2. The summed E-state index contributed by atoms with van der Waals surface area (Å²) in [6.07, 6.45) is 0.486. The van der Waals surface area contributed by atoms with Crippen LogP contribution in [0.2, 0.25) is 0 Å². The van der Waals surface area contributed by atoms with Gasteiger partial charge in [-0.15, -0.1) is 0 Å². The lowest BCUT2D eigenvalue weighted by atomic mass is 10.3. The normalized spacial score (nSPS) is 9.61. The van der Waals surface area contributed by atoms with Crippen molar-refractivity contribution in [3.63, 3.8) is 0 Å². The molecule has 1 amide bonds. The Morgan fingerprint density at radius 3 is 2.48 bits per heavy atom. The monoisotopic (exact) mass is 352 g/mol. The van der Waals surface area contributed by atoms with Crippen LogP contribution in [0, 0.1) is 0 Å². The Balaban J connectivity index is 2.12. The Morgan fingerprint density at radius 1 is 1.22 bits per heavy atom. The Hall–Kier alpha value is -1.86. The molecule has 0 radical (unpaired) electrons. The summed E-state index contributed by atoms with van der Waals surface area (Å²) in [5.41, 5.74) is 1.60. The fourth-order valence-electron chi connectivity index (χ4n) is 1.57. The molecule has 0 bridgehead atoms. The van der Waals surface area contributed by atoms with Crippen molar-refractivity contribution in [3.8, 4) is 0 Å². The van der Waals surface area contributed by atoms with Gasteiger partial charge in [0.1, 0.15) is 0 Å². The predicted molar refractivity (Wildman–Crippen MR) is 99.5 cm³/mol. The summed E-state index contributed by atoms with van der Waals surface area (Å²) >= 11 is 9.73. The number of ether oxygens (including phenoxy) is 1. The molecule has 0 saturated heterocycles. The third-order valence-corrected chi connectivity index (χ3v) is 3.06. The summed E-state index contributed by atoms with van der Waals surface area (Å²) in [6, 6.07) is 7.34. The summed E-state index contributed by atoms with van der Waals surface area (Å²) in [6.45, 7) is 3.90. The van der Waals surface area contributed by atoms with Crippen LogP contribution in [0.3, 0.4) is 0 Å². The summed E-state index contributed by atoms with van der Waals surface area (Å²) in [5.74, 6) is 0.0272. The highest BCUT2D eigenvalue weighted by Crippen LogP contribution is 2.15. The largest absolute Gasteiger partial charge is 0.378 e. The maximum atomic E-state index is 11.0. The van der Waals surface area contributed by atoms with Crippen LogP contribution in [0.25, 0.3) is 0 Å². The topological polar surface area (TPSA) is 74.8 Å². The predicted octanol–water partition coefficient (Wildman–Crippen LogP) is 2.25. The second-order valence-corrected chi connectivity index (χ2v) is 5.04. The van der Waals surface area contributed by atoms with Crippen LogP contribution in [0.15, 0.2) is 29.3 Å². The number of hydrogen-bond donors (Lipinski definition) is 3. The van der Waals surface area contributed by atoms with E-state index in [2.05, 4.69) is 38.3 Å². The van der Waals surface area contributed by atoms with Crippen LogP contribution in [0.5, 0.6) is 0 Å². The maximum Gasteiger partial charge on any atom is 0.219 e. The first-order valence-corrected chi connectivity index (χ1v) is 8.04. The van der Waals surface area contributed by atoms with Gasteiger partial charge in [-0.1, -0.05) is 6.92 Å². The summed E-state index contributed by atoms with van der Waals surface area (Å²) in [4.78, 5) is 14.9. The van der Waals surface area contributed by atoms with Gasteiger partial charge in [0, 0.05) is 25.2 Å². The number of nitrogens with one attached hydrogen (secondary N) is 3. The smallest absolute Gasteiger partial charge is 0.219 e. The third-order valence-electron chi connectivity index (χ3n) is 2.72. The van der Waals surface area contributed by atoms with E-state index >= 15 is 0 Å². The van der Waals surface area contributed by atoms with E-state index in [0.717, 1.165) is 11.4 Å². The van der Waals surface area contributed by atoms with Crippen LogP contribution in [-0.4, -0.2) is 42.5 Å². The first kappa shape index (κ1) is 19.2. The molecule has 3 N–H and O–H groups in total. The van der Waals surface area contributed by atoms with Gasteiger partial charge in [0.15, 0.2) is 5.11 Å². The lowest BCUT2D eigenvalue weighted by Crippen LogP contribution is -2.32. The molecule has 0 unspecified atom stereocenters. The minimum Gasteiger partial charge on any atom is -0.378 e. The van der Waals surface area contributed by atoms with Crippen molar-refractivity contribution in [2.45, 2.75) is 13.3 Å². The summed E-state index contributed by atoms with van der Waals surface area (Å²) in [5, 5.41) is 11.7. The molecule has 8 heteroatoms. The number of hydrogen-bond acceptors (Lipinski definition) is 5. The number of nitrogens with zero attached hydrogens (tertiary/aromatic N) is 1. The standard InChI is InChI=1S/C15H20N4O2S2/c1-2-14(20)16-7-9-21-10-8-17-15(23)19-13-5-3-12(4-6-13)18-11-22/h3-6H,2,7-10H2,1H3,(H,16,20)(H2,17,19,23). The van der Waals surface area contributed by atoms with Crippen LogP contribution >= 0.6 is 24.4 Å². The molecular formula is C15H20N4O2S2. The molecule has 0 aliphatic heterocycles. The van der Waals surface area contributed by atoms with Gasteiger partial charge in [-0.05, 0) is 48.7 Å². The van der Waals surface area contributed by atoms with Gasteiger partial charge in [0.2, 0.25) is 5.91 Å². The van der Waals surface area contributed by atoms with Crippen molar-refractivity contribution >= 4 is 52.0 Å². The molecule has 1 aromatic carbocycles. The highest BCUT2D eigenvalue weighted by Gasteiger charge is 1.98. The van der Waals surface area contributed by atoms with Crippen LogP contribution in [-0.2, 0) is 9.53 Å². The molecule has 0 heterocycles. The van der Waals surface area contributed by atoms with Gasteiger partial charge in [-0.25, -0.2) is 0 Å². The SMILES string of the molecule is CCC(=O)NCCOCCNC(=S)Nc1ccc(N=C=S)cc1. The number of carbonyl (C=O) groups excluding carboxylic acids is 1. The van der Waals surface area contributed by atoms with E-state index in [0.29, 0.717) is 37.8 Å². The lowest BCUT2D eigenvalue weighted by Gasteiger charge is -2.11. The Kier molecular flexibility index (Phi) is 9.74. The fraction of sp³-hybridized carbons (Fsp3) is 0.400. The van der Waals surface area contributed by atoms with Crippen LogP contribution in [0.1, 0.15) is 13.3 Å². The average molecular weight is 352 g/mol. The maximum absolute atomic E-state index is 11.0. The number of benzene rings is 1. The number of aliphatic imine (C=N–C) groups is 1. The van der Waals surface area contributed by atoms with E-state index in [-0.39, 0.29) is 5.91 Å². The van der Waals surface area contributed by atoms with E-state index in [1.807, 2.05) is 31.2 Å². The van der Waals surface area contributed by atoms with Gasteiger partial charge in [-0.2, -0.15) is 4.99 Å². The Labute approximate surface area is 146 Å². The number of rotatable bonds is 9. The van der Waals surface area contributed by atoms with E-state index in [4.69, 9.17) is 17.0 Å². The molecule has 0 fully saturated rings. The van der Waals surface area contributed by atoms with Gasteiger partial charge >= 0.3 is 0 Å². The van der Waals surface area contributed by atoms with Gasteiger partial charge in [-0.3, -0.25) is 4.79 Å². The molecule has 1 rings (SSSR count). The zero-order chi connectivity index (χ0) is 16.9. The first-order valence-electron chi connectivity index (χ1n) is 7.23. The van der Waals surface area contributed by atoms with Crippen molar-refractivity contribution < 1.29 is 9.53 Å². The van der Waals surface area contributed by atoms with E-state index in [1.54, 1.807) is 0 Å². The highest BCUT2D eigenvalue weighted by molar-refractivity contribution is 7.80. The quantitative estimate of drug-likeness (QED) is 0.360. The molecule has 0 atom stereocenters. The molecule has 0 aliphatic rings.